The Kier molecular flexibility index (Phi) is 6.29. The van der Waals surface area contributed by atoms with Crippen molar-refractivity contribution in [2.75, 3.05) is 50.7 Å². The standard InChI is InChI=1S/C21H23N5O6S/c27-20-15-25(9-8-22-20)33(31,32)19-6-4-16(5-7-19)21(28)24-12-10-23(11-13-24)17-2-1-3-18(14-17)26(29)30/h1-7,14H,8-13,15H2,(H,22,27). The van der Waals surface area contributed by atoms with Crippen molar-refractivity contribution < 1.29 is 22.9 Å². The average Bonchev–Trinajstić information content (AvgIpc) is 2.84. The summed E-state index contributed by atoms with van der Waals surface area (Å²) in [5.74, 6) is -0.559. The Labute approximate surface area is 190 Å². The minimum absolute atomic E-state index is 0.0197. The lowest BCUT2D eigenvalue weighted by Crippen LogP contribution is -2.49. The fraction of sp³-hybridized carbons (Fsp3) is 0.333. The first-order valence-electron chi connectivity index (χ1n) is 10.4. The molecule has 2 saturated heterocycles. The van der Waals surface area contributed by atoms with Crippen LogP contribution < -0.4 is 10.2 Å². The number of carbonyl (C=O) groups excluding carboxylic acids is 2. The minimum Gasteiger partial charge on any atom is -0.368 e. The first-order valence-corrected chi connectivity index (χ1v) is 11.9. The van der Waals surface area contributed by atoms with E-state index in [1.165, 1.54) is 36.4 Å². The van der Waals surface area contributed by atoms with E-state index in [9.17, 15) is 28.1 Å². The van der Waals surface area contributed by atoms with E-state index in [1.807, 2.05) is 4.90 Å². The van der Waals surface area contributed by atoms with E-state index in [0.29, 0.717) is 31.7 Å². The van der Waals surface area contributed by atoms with Gasteiger partial charge in [0.2, 0.25) is 15.9 Å². The van der Waals surface area contributed by atoms with Crippen LogP contribution >= 0.6 is 0 Å². The van der Waals surface area contributed by atoms with Crippen molar-refractivity contribution in [2.45, 2.75) is 4.90 Å². The second-order valence-electron chi connectivity index (χ2n) is 7.77. The summed E-state index contributed by atoms with van der Waals surface area (Å²) < 4.78 is 26.6. The number of benzene rings is 2. The van der Waals surface area contributed by atoms with E-state index in [1.54, 1.807) is 17.0 Å². The zero-order valence-corrected chi connectivity index (χ0v) is 18.5. The maximum atomic E-state index is 12.9. The predicted octanol–water partition coefficient (Wildman–Crippen LogP) is 0.678. The third kappa shape index (κ3) is 4.81. The Morgan fingerprint density at radius 2 is 1.70 bits per heavy atom. The number of rotatable bonds is 5. The lowest BCUT2D eigenvalue weighted by Gasteiger charge is -2.36. The third-order valence-electron chi connectivity index (χ3n) is 5.71. The summed E-state index contributed by atoms with van der Waals surface area (Å²) in [6, 6.07) is 12.1. The van der Waals surface area contributed by atoms with Crippen molar-refractivity contribution in [1.29, 1.82) is 0 Å². The molecule has 0 bridgehead atoms. The van der Waals surface area contributed by atoms with E-state index in [2.05, 4.69) is 5.32 Å². The molecule has 2 heterocycles. The Morgan fingerprint density at radius 3 is 2.33 bits per heavy atom. The van der Waals surface area contributed by atoms with E-state index >= 15 is 0 Å². The molecule has 2 fully saturated rings. The number of amides is 2. The predicted molar refractivity (Wildman–Crippen MR) is 119 cm³/mol. The summed E-state index contributed by atoms with van der Waals surface area (Å²) in [5, 5.41) is 13.6. The highest BCUT2D eigenvalue weighted by molar-refractivity contribution is 7.89. The zero-order valence-electron chi connectivity index (χ0n) is 17.7. The summed E-state index contributed by atoms with van der Waals surface area (Å²) in [6.07, 6.45) is 0. The molecule has 1 N–H and O–H groups in total. The maximum absolute atomic E-state index is 12.9. The van der Waals surface area contributed by atoms with Crippen molar-refractivity contribution >= 4 is 33.2 Å². The molecule has 2 aromatic carbocycles. The molecule has 2 aliphatic heterocycles. The first-order chi connectivity index (χ1) is 15.8. The molecule has 2 aromatic rings. The Balaban J connectivity index is 1.40. The van der Waals surface area contributed by atoms with Gasteiger partial charge in [-0.2, -0.15) is 4.31 Å². The molecule has 0 saturated carbocycles. The number of non-ortho nitro benzene ring substituents is 1. The van der Waals surface area contributed by atoms with E-state index in [4.69, 9.17) is 0 Å². The molecule has 0 aliphatic carbocycles. The Hall–Kier alpha value is -3.51. The van der Waals surface area contributed by atoms with Gasteiger partial charge in [-0.15, -0.1) is 0 Å². The molecule has 0 spiro atoms. The van der Waals surface area contributed by atoms with Crippen molar-refractivity contribution in [3.8, 4) is 0 Å². The van der Waals surface area contributed by atoms with Gasteiger partial charge in [-0.25, -0.2) is 8.42 Å². The number of sulfonamides is 1. The fourth-order valence-corrected chi connectivity index (χ4v) is 5.29. The van der Waals surface area contributed by atoms with Gasteiger partial charge in [-0.1, -0.05) is 6.07 Å². The van der Waals surface area contributed by atoms with Gasteiger partial charge in [0.05, 0.1) is 16.4 Å². The maximum Gasteiger partial charge on any atom is 0.271 e. The molecule has 0 radical (unpaired) electrons. The molecule has 33 heavy (non-hydrogen) atoms. The van der Waals surface area contributed by atoms with Gasteiger partial charge in [-0.3, -0.25) is 19.7 Å². The van der Waals surface area contributed by atoms with Crippen LogP contribution in [0.15, 0.2) is 53.4 Å². The molecule has 4 rings (SSSR count). The van der Waals surface area contributed by atoms with Crippen LogP contribution in [-0.4, -0.2) is 80.2 Å². The van der Waals surface area contributed by atoms with Crippen molar-refractivity contribution in [1.82, 2.24) is 14.5 Å². The molecule has 12 heteroatoms. The largest absolute Gasteiger partial charge is 0.368 e. The molecule has 174 valence electrons. The topological polar surface area (TPSA) is 133 Å². The average molecular weight is 474 g/mol. The van der Waals surface area contributed by atoms with E-state index in [0.717, 1.165) is 9.99 Å². The molecule has 0 unspecified atom stereocenters. The van der Waals surface area contributed by atoms with Gasteiger partial charge < -0.3 is 15.1 Å². The number of anilines is 1. The number of carbonyl (C=O) groups is 2. The summed E-state index contributed by atoms with van der Waals surface area (Å²) in [7, 11) is -3.82. The summed E-state index contributed by atoms with van der Waals surface area (Å²) in [4.78, 5) is 38.7. The molecule has 2 aliphatic rings. The van der Waals surface area contributed by atoms with Gasteiger partial charge >= 0.3 is 0 Å². The summed E-state index contributed by atoms with van der Waals surface area (Å²) in [6.45, 7) is 2.15. The molecule has 2 amide bonds. The third-order valence-corrected chi connectivity index (χ3v) is 7.57. The number of nitro benzene ring substituents is 1. The SMILES string of the molecule is O=C1CN(S(=O)(=O)c2ccc(C(=O)N3CCN(c4cccc([N+](=O)[O-])c4)CC3)cc2)CCN1. The fourth-order valence-electron chi connectivity index (χ4n) is 3.89. The number of nitrogens with zero attached hydrogens (tertiary/aromatic N) is 4. The van der Waals surface area contributed by atoms with E-state index < -0.39 is 14.9 Å². The van der Waals surface area contributed by atoms with Crippen LogP contribution in [0.5, 0.6) is 0 Å². The Bertz CT molecular complexity index is 1180. The van der Waals surface area contributed by atoms with Crippen LogP contribution in [0.4, 0.5) is 11.4 Å². The summed E-state index contributed by atoms with van der Waals surface area (Å²) >= 11 is 0. The quantitative estimate of drug-likeness (QED) is 0.499. The highest BCUT2D eigenvalue weighted by Gasteiger charge is 2.29. The van der Waals surface area contributed by atoms with Crippen molar-refractivity contribution in [3.63, 3.8) is 0 Å². The van der Waals surface area contributed by atoms with Gasteiger partial charge in [0.1, 0.15) is 0 Å². The number of hydrogen-bond acceptors (Lipinski definition) is 7. The monoisotopic (exact) mass is 473 g/mol. The number of nitrogens with one attached hydrogen (secondary N) is 1. The van der Waals surface area contributed by atoms with Gasteiger partial charge in [0.15, 0.2) is 0 Å². The van der Waals surface area contributed by atoms with Gasteiger partial charge in [0, 0.05) is 62.7 Å². The highest BCUT2D eigenvalue weighted by Crippen LogP contribution is 2.23. The van der Waals surface area contributed by atoms with Crippen molar-refractivity contribution in [3.05, 3.63) is 64.2 Å². The van der Waals surface area contributed by atoms with Crippen LogP contribution in [0.2, 0.25) is 0 Å². The highest BCUT2D eigenvalue weighted by atomic mass is 32.2. The molecular formula is C21H23N5O6S. The minimum atomic E-state index is -3.82. The smallest absolute Gasteiger partial charge is 0.271 e. The van der Waals surface area contributed by atoms with Gasteiger partial charge in [0.25, 0.3) is 11.6 Å². The molecular weight excluding hydrogens is 450 g/mol. The number of nitro groups is 1. The van der Waals surface area contributed by atoms with Crippen LogP contribution in [-0.2, 0) is 14.8 Å². The van der Waals surface area contributed by atoms with E-state index in [-0.39, 0.29) is 42.0 Å². The van der Waals surface area contributed by atoms with Crippen molar-refractivity contribution in [2.24, 2.45) is 0 Å². The molecule has 11 nitrogen and oxygen atoms in total. The normalized spacial score (nSPS) is 17.5. The molecule has 0 atom stereocenters. The molecule has 0 aromatic heterocycles. The summed E-state index contributed by atoms with van der Waals surface area (Å²) in [5.41, 5.74) is 1.12. The van der Waals surface area contributed by atoms with Crippen LogP contribution in [0, 0.1) is 10.1 Å². The second kappa shape index (κ2) is 9.16. The van der Waals surface area contributed by atoms with Gasteiger partial charge in [-0.05, 0) is 30.3 Å². The van der Waals surface area contributed by atoms with Crippen LogP contribution in [0.25, 0.3) is 0 Å². The van der Waals surface area contributed by atoms with Crippen LogP contribution in [0.3, 0.4) is 0 Å². The van der Waals surface area contributed by atoms with Crippen LogP contribution in [0.1, 0.15) is 10.4 Å². The lowest BCUT2D eigenvalue weighted by atomic mass is 10.1. The number of hydrogen-bond donors (Lipinski definition) is 1. The first kappa shape index (κ1) is 22.7. The lowest BCUT2D eigenvalue weighted by molar-refractivity contribution is -0.384. The zero-order chi connectivity index (χ0) is 23.6. The Morgan fingerprint density at radius 1 is 1.00 bits per heavy atom. The second-order valence-corrected chi connectivity index (χ2v) is 9.71. The number of piperazine rings is 2.